The lowest BCUT2D eigenvalue weighted by Gasteiger charge is -2.31. The van der Waals surface area contributed by atoms with Crippen LogP contribution in [-0.4, -0.2) is 40.5 Å². The molecule has 1 aliphatic heterocycles. The van der Waals surface area contributed by atoms with Crippen molar-refractivity contribution in [2.24, 2.45) is 0 Å². The van der Waals surface area contributed by atoms with Crippen LogP contribution in [0.25, 0.3) is 0 Å². The lowest BCUT2D eigenvalue weighted by molar-refractivity contribution is 0.0951. The number of rotatable bonds is 7. The summed E-state index contributed by atoms with van der Waals surface area (Å²) >= 11 is 0. The topological polar surface area (TPSA) is 90.5 Å². The fourth-order valence-corrected chi connectivity index (χ4v) is 4.88. The molecule has 0 bridgehead atoms. The molecule has 0 atom stereocenters. The second kappa shape index (κ2) is 10.2. The van der Waals surface area contributed by atoms with Crippen molar-refractivity contribution in [3.63, 3.8) is 0 Å². The molecule has 1 amide bonds. The number of carbonyl (C=O) groups is 1. The van der Waals surface area contributed by atoms with E-state index in [1.807, 2.05) is 4.90 Å². The first-order chi connectivity index (χ1) is 16.3. The maximum atomic E-state index is 14.2. The van der Waals surface area contributed by atoms with Crippen molar-refractivity contribution in [1.82, 2.24) is 10.6 Å². The first-order valence-electron chi connectivity index (χ1n) is 10.7. The van der Waals surface area contributed by atoms with Crippen LogP contribution in [0.15, 0.2) is 71.6 Å². The van der Waals surface area contributed by atoms with Gasteiger partial charge in [-0.2, -0.15) is 0 Å². The van der Waals surface area contributed by atoms with Gasteiger partial charge in [-0.3, -0.25) is 9.52 Å². The Hall–Kier alpha value is -3.50. The molecule has 4 rings (SSSR count). The first-order valence-corrected chi connectivity index (χ1v) is 12.2. The van der Waals surface area contributed by atoms with Crippen molar-refractivity contribution in [3.8, 4) is 0 Å². The number of amides is 1. The number of nitrogens with zero attached hydrogens (tertiary/aromatic N) is 1. The van der Waals surface area contributed by atoms with Crippen LogP contribution in [0.2, 0.25) is 0 Å². The third kappa shape index (κ3) is 5.52. The third-order valence-corrected chi connectivity index (χ3v) is 6.83. The number of hydrogen-bond acceptors (Lipinski definition) is 5. The summed E-state index contributed by atoms with van der Waals surface area (Å²) in [7, 11) is -4.25. The first kappa shape index (κ1) is 23.7. The third-order valence-electron chi connectivity index (χ3n) is 5.43. The molecule has 1 heterocycles. The minimum atomic E-state index is -4.25. The van der Waals surface area contributed by atoms with Crippen LogP contribution in [0.4, 0.5) is 20.2 Å². The van der Waals surface area contributed by atoms with Crippen LogP contribution >= 0.6 is 0 Å². The zero-order valence-corrected chi connectivity index (χ0v) is 19.0. The highest BCUT2D eigenvalue weighted by Gasteiger charge is 2.23. The standard InChI is InChI=1S/C24H24F2N4O3S/c25-19-5-3-4-17(14-19)16-28-24(31)18-8-9-22(30-12-10-27-11-13-30)21(15-18)29-34(32,33)23-7-2-1-6-20(23)26/h1-9,14-15,27,29H,10-13,16H2,(H,28,31). The molecule has 1 fully saturated rings. The Morgan fingerprint density at radius 1 is 0.971 bits per heavy atom. The molecular weight excluding hydrogens is 462 g/mol. The minimum absolute atomic E-state index is 0.104. The van der Waals surface area contributed by atoms with Crippen molar-refractivity contribution in [3.05, 3.63) is 89.5 Å². The van der Waals surface area contributed by atoms with E-state index in [1.54, 1.807) is 24.3 Å². The van der Waals surface area contributed by atoms with E-state index in [9.17, 15) is 22.0 Å². The summed E-state index contributed by atoms with van der Waals surface area (Å²) in [6.45, 7) is 2.82. The summed E-state index contributed by atoms with van der Waals surface area (Å²) in [4.78, 5) is 14.3. The summed E-state index contributed by atoms with van der Waals surface area (Å²) in [5.74, 6) is -1.73. The van der Waals surface area contributed by atoms with Gasteiger partial charge in [-0.1, -0.05) is 24.3 Å². The quantitative estimate of drug-likeness (QED) is 0.478. The van der Waals surface area contributed by atoms with Crippen LogP contribution < -0.4 is 20.3 Å². The molecule has 3 aromatic carbocycles. The van der Waals surface area contributed by atoms with Gasteiger partial charge in [-0.25, -0.2) is 17.2 Å². The SMILES string of the molecule is O=C(NCc1cccc(F)c1)c1ccc(N2CCNCC2)c(NS(=O)(=O)c2ccccc2F)c1. The molecule has 0 aliphatic carbocycles. The number of carbonyl (C=O) groups excluding carboxylic acids is 1. The zero-order valence-electron chi connectivity index (χ0n) is 18.2. The lowest BCUT2D eigenvalue weighted by atomic mass is 10.1. The largest absolute Gasteiger partial charge is 0.367 e. The second-order valence-corrected chi connectivity index (χ2v) is 9.47. The van der Waals surface area contributed by atoms with Gasteiger partial charge in [0.1, 0.15) is 16.5 Å². The van der Waals surface area contributed by atoms with E-state index in [-0.39, 0.29) is 17.8 Å². The summed E-state index contributed by atoms with van der Waals surface area (Å²) in [5, 5.41) is 5.94. The molecular formula is C24H24F2N4O3S. The maximum absolute atomic E-state index is 14.2. The van der Waals surface area contributed by atoms with E-state index >= 15 is 0 Å². The van der Waals surface area contributed by atoms with Crippen LogP contribution in [0.5, 0.6) is 0 Å². The maximum Gasteiger partial charge on any atom is 0.264 e. The Balaban J connectivity index is 1.62. The summed E-state index contributed by atoms with van der Waals surface area (Å²) in [5.41, 5.74) is 1.56. The van der Waals surface area contributed by atoms with Crippen molar-refractivity contribution >= 4 is 27.3 Å². The van der Waals surface area contributed by atoms with Gasteiger partial charge in [-0.05, 0) is 48.0 Å². The molecule has 3 aromatic rings. The molecule has 7 nitrogen and oxygen atoms in total. The highest BCUT2D eigenvalue weighted by Crippen LogP contribution is 2.30. The number of piperazine rings is 1. The van der Waals surface area contributed by atoms with Gasteiger partial charge < -0.3 is 15.5 Å². The molecule has 0 saturated carbocycles. The Kier molecular flexibility index (Phi) is 7.09. The van der Waals surface area contributed by atoms with Gasteiger partial charge in [0, 0.05) is 38.3 Å². The number of anilines is 2. The lowest BCUT2D eigenvalue weighted by Crippen LogP contribution is -2.43. The predicted molar refractivity (Wildman–Crippen MR) is 126 cm³/mol. The van der Waals surface area contributed by atoms with Crippen molar-refractivity contribution < 1.29 is 22.0 Å². The molecule has 1 aliphatic rings. The number of benzene rings is 3. The van der Waals surface area contributed by atoms with Crippen molar-refractivity contribution in [2.45, 2.75) is 11.4 Å². The summed E-state index contributed by atoms with van der Waals surface area (Å²) in [6.07, 6.45) is 0. The molecule has 0 aromatic heterocycles. The molecule has 1 saturated heterocycles. The van der Waals surface area contributed by atoms with E-state index in [2.05, 4.69) is 15.4 Å². The van der Waals surface area contributed by atoms with Gasteiger partial charge >= 0.3 is 0 Å². The van der Waals surface area contributed by atoms with Gasteiger partial charge in [0.2, 0.25) is 0 Å². The Morgan fingerprint density at radius 2 is 1.74 bits per heavy atom. The summed E-state index contributed by atoms with van der Waals surface area (Å²) < 4.78 is 56.0. The summed E-state index contributed by atoms with van der Waals surface area (Å²) in [6, 6.07) is 15.7. The van der Waals surface area contributed by atoms with Gasteiger partial charge in [0.15, 0.2) is 0 Å². The molecule has 3 N–H and O–H groups in total. The molecule has 0 unspecified atom stereocenters. The number of nitrogens with one attached hydrogen (secondary N) is 3. The highest BCUT2D eigenvalue weighted by molar-refractivity contribution is 7.92. The van der Waals surface area contributed by atoms with Gasteiger partial charge in [-0.15, -0.1) is 0 Å². The fraction of sp³-hybridized carbons (Fsp3) is 0.208. The number of sulfonamides is 1. The number of halogens is 2. The molecule has 178 valence electrons. The normalized spacial score (nSPS) is 14.0. The monoisotopic (exact) mass is 486 g/mol. The predicted octanol–water partition coefficient (Wildman–Crippen LogP) is 3.11. The van der Waals surface area contributed by atoms with Gasteiger partial charge in [0.05, 0.1) is 11.4 Å². The van der Waals surface area contributed by atoms with Crippen LogP contribution in [0, 0.1) is 11.6 Å². The minimum Gasteiger partial charge on any atom is -0.367 e. The van der Waals surface area contributed by atoms with Crippen molar-refractivity contribution in [2.75, 3.05) is 35.8 Å². The average Bonchev–Trinajstić information content (AvgIpc) is 2.83. The molecule has 0 spiro atoms. The number of hydrogen-bond donors (Lipinski definition) is 3. The Labute approximate surface area is 196 Å². The van der Waals surface area contributed by atoms with Crippen molar-refractivity contribution in [1.29, 1.82) is 0 Å². The second-order valence-electron chi connectivity index (χ2n) is 7.82. The van der Waals surface area contributed by atoms with E-state index in [0.29, 0.717) is 24.3 Å². The van der Waals surface area contributed by atoms with E-state index in [4.69, 9.17) is 0 Å². The Bertz CT molecular complexity index is 1290. The average molecular weight is 487 g/mol. The smallest absolute Gasteiger partial charge is 0.264 e. The van der Waals surface area contributed by atoms with Crippen LogP contribution in [-0.2, 0) is 16.6 Å². The highest BCUT2D eigenvalue weighted by atomic mass is 32.2. The van der Waals surface area contributed by atoms with Crippen LogP contribution in [0.1, 0.15) is 15.9 Å². The molecule has 10 heteroatoms. The molecule has 34 heavy (non-hydrogen) atoms. The van der Waals surface area contributed by atoms with E-state index < -0.39 is 32.5 Å². The van der Waals surface area contributed by atoms with Gasteiger partial charge in [0.25, 0.3) is 15.9 Å². The molecule has 0 radical (unpaired) electrons. The Morgan fingerprint density at radius 3 is 2.47 bits per heavy atom. The van der Waals surface area contributed by atoms with E-state index in [0.717, 1.165) is 19.2 Å². The van der Waals surface area contributed by atoms with E-state index in [1.165, 1.54) is 36.4 Å². The zero-order chi connectivity index (χ0) is 24.1. The van der Waals surface area contributed by atoms with Crippen LogP contribution in [0.3, 0.4) is 0 Å². The fourth-order valence-electron chi connectivity index (χ4n) is 3.73.